The van der Waals surface area contributed by atoms with Crippen LogP contribution in [0.1, 0.15) is 31.8 Å². The van der Waals surface area contributed by atoms with Crippen LogP contribution in [0.5, 0.6) is 11.5 Å². The van der Waals surface area contributed by atoms with Gasteiger partial charge in [-0.3, -0.25) is 4.79 Å². The molecule has 0 aliphatic carbocycles. The lowest BCUT2D eigenvalue weighted by molar-refractivity contribution is 0.0696. The van der Waals surface area contributed by atoms with Gasteiger partial charge in [0.1, 0.15) is 17.3 Å². The third-order valence-corrected chi connectivity index (χ3v) is 4.08. The molecule has 0 aliphatic heterocycles. The summed E-state index contributed by atoms with van der Waals surface area (Å²) in [7, 11) is 0. The Morgan fingerprint density at radius 1 is 1.00 bits per heavy atom. The van der Waals surface area contributed by atoms with Crippen molar-refractivity contribution in [1.82, 2.24) is 5.32 Å². The van der Waals surface area contributed by atoms with Crippen LogP contribution in [0.25, 0.3) is 0 Å². The number of carbonyl (C=O) groups is 2. The molecule has 0 fully saturated rings. The average molecular weight is 379 g/mol. The van der Waals surface area contributed by atoms with E-state index in [9.17, 15) is 14.0 Å². The van der Waals surface area contributed by atoms with Gasteiger partial charge >= 0.3 is 5.97 Å². The summed E-state index contributed by atoms with van der Waals surface area (Å²) in [6.07, 6.45) is 0. The van der Waals surface area contributed by atoms with Gasteiger partial charge in [0.2, 0.25) is 0 Å². The highest BCUT2D eigenvalue weighted by Gasteiger charge is 2.14. The summed E-state index contributed by atoms with van der Waals surface area (Å²) in [6.45, 7) is 2.12. The summed E-state index contributed by atoms with van der Waals surface area (Å²) < 4.78 is 18.8. The van der Waals surface area contributed by atoms with Gasteiger partial charge in [0.25, 0.3) is 5.91 Å². The fourth-order valence-corrected chi connectivity index (χ4v) is 2.57. The van der Waals surface area contributed by atoms with Gasteiger partial charge in [-0.05, 0) is 66.6 Å². The minimum Gasteiger partial charge on any atom is -0.478 e. The van der Waals surface area contributed by atoms with Crippen LogP contribution in [-0.2, 0) is 6.54 Å². The van der Waals surface area contributed by atoms with E-state index in [0.717, 1.165) is 11.1 Å². The molecule has 3 aromatic carbocycles. The number of aromatic carboxylic acids is 1. The Morgan fingerprint density at radius 3 is 2.32 bits per heavy atom. The van der Waals surface area contributed by atoms with Crippen molar-refractivity contribution in [3.8, 4) is 11.5 Å². The predicted molar refractivity (Wildman–Crippen MR) is 102 cm³/mol. The fourth-order valence-electron chi connectivity index (χ4n) is 2.57. The predicted octanol–water partition coefficient (Wildman–Crippen LogP) is 4.55. The summed E-state index contributed by atoms with van der Waals surface area (Å²) in [6, 6.07) is 17.0. The molecule has 1 amide bonds. The molecular formula is C22H18FNO4. The number of aryl methyl sites for hydroxylation is 1. The van der Waals surface area contributed by atoms with Crippen LogP contribution in [0.3, 0.4) is 0 Å². The van der Waals surface area contributed by atoms with Gasteiger partial charge in [0.05, 0.1) is 11.1 Å². The number of halogens is 1. The van der Waals surface area contributed by atoms with Crippen LogP contribution in [-0.4, -0.2) is 17.0 Å². The molecule has 5 nitrogen and oxygen atoms in total. The van der Waals surface area contributed by atoms with E-state index >= 15 is 0 Å². The second kappa shape index (κ2) is 8.35. The van der Waals surface area contributed by atoms with Crippen LogP contribution < -0.4 is 10.1 Å². The molecule has 0 aliphatic rings. The summed E-state index contributed by atoms with van der Waals surface area (Å²) in [5.74, 6) is -0.920. The van der Waals surface area contributed by atoms with Crippen LogP contribution >= 0.6 is 0 Å². The van der Waals surface area contributed by atoms with Crippen molar-refractivity contribution in [2.75, 3.05) is 0 Å². The molecule has 0 heterocycles. The molecular weight excluding hydrogens is 361 g/mol. The third kappa shape index (κ3) is 4.73. The van der Waals surface area contributed by atoms with Crippen LogP contribution in [0.15, 0.2) is 66.7 Å². The number of amides is 1. The molecule has 3 aromatic rings. The van der Waals surface area contributed by atoms with Crippen molar-refractivity contribution in [1.29, 1.82) is 0 Å². The molecule has 0 radical (unpaired) electrons. The second-order valence-corrected chi connectivity index (χ2v) is 6.24. The molecule has 2 N–H and O–H groups in total. The van der Waals surface area contributed by atoms with Gasteiger partial charge in [-0.25, -0.2) is 9.18 Å². The lowest BCUT2D eigenvalue weighted by Gasteiger charge is -2.13. The number of carbonyl (C=O) groups excluding carboxylic acids is 1. The lowest BCUT2D eigenvalue weighted by atomic mass is 10.1. The van der Waals surface area contributed by atoms with Crippen LogP contribution in [0.2, 0.25) is 0 Å². The highest BCUT2D eigenvalue weighted by Crippen LogP contribution is 2.27. The zero-order valence-electron chi connectivity index (χ0n) is 15.1. The Hall–Kier alpha value is -3.67. The van der Waals surface area contributed by atoms with Crippen molar-refractivity contribution in [3.05, 3.63) is 94.8 Å². The summed E-state index contributed by atoms with van der Waals surface area (Å²) in [4.78, 5) is 23.5. The molecule has 0 saturated carbocycles. The number of carboxylic acids is 1. The van der Waals surface area contributed by atoms with Crippen molar-refractivity contribution in [2.24, 2.45) is 0 Å². The maximum absolute atomic E-state index is 13.1. The Bertz CT molecular complexity index is 998. The van der Waals surface area contributed by atoms with Crippen molar-refractivity contribution >= 4 is 11.9 Å². The van der Waals surface area contributed by atoms with E-state index in [1.54, 1.807) is 30.3 Å². The summed E-state index contributed by atoms with van der Waals surface area (Å²) in [5.41, 5.74) is 2.21. The Kier molecular flexibility index (Phi) is 5.69. The van der Waals surface area contributed by atoms with E-state index in [1.165, 1.54) is 36.4 Å². The summed E-state index contributed by atoms with van der Waals surface area (Å²) in [5, 5.41) is 11.7. The molecule has 3 rings (SSSR count). The van der Waals surface area contributed by atoms with E-state index in [2.05, 4.69) is 5.32 Å². The Labute approximate surface area is 161 Å². The van der Waals surface area contributed by atoms with Gasteiger partial charge in [0.15, 0.2) is 0 Å². The molecule has 0 spiro atoms. The molecule has 28 heavy (non-hydrogen) atoms. The van der Waals surface area contributed by atoms with Crippen molar-refractivity contribution in [2.45, 2.75) is 13.5 Å². The lowest BCUT2D eigenvalue weighted by Crippen LogP contribution is -2.23. The molecule has 0 unspecified atom stereocenters. The van der Waals surface area contributed by atoms with Crippen molar-refractivity contribution < 1.29 is 23.8 Å². The maximum Gasteiger partial charge on any atom is 0.335 e. The Morgan fingerprint density at radius 2 is 1.68 bits per heavy atom. The average Bonchev–Trinajstić information content (AvgIpc) is 2.68. The maximum atomic E-state index is 13.1. The first kappa shape index (κ1) is 19.1. The largest absolute Gasteiger partial charge is 0.478 e. The molecule has 0 saturated heterocycles. The zero-order valence-corrected chi connectivity index (χ0v) is 15.1. The van der Waals surface area contributed by atoms with Gasteiger partial charge in [0, 0.05) is 6.54 Å². The first-order chi connectivity index (χ1) is 13.4. The van der Waals surface area contributed by atoms with E-state index in [4.69, 9.17) is 9.84 Å². The normalized spacial score (nSPS) is 10.4. The van der Waals surface area contributed by atoms with E-state index < -0.39 is 5.97 Å². The number of benzene rings is 3. The molecule has 0 bridgehead atoms. The first-order valence-corrected chi connectivity index (χ1v) is 8.57. The smallest absolute Gasteiger partial charge is 0.335 e. The van der Waals surface area contributed by atoms with Gasteiger partial charge in [-0.15, -0.1) is 0 Å². The van der Waals surface area contributed by atoms with E-state index in [-0.39, 0.29) is 23.8 Å². The zero-order chi connectivity index (χ0) is 20.1. The number of ether oxygens (including phenoxy) is 1. The standard InChI is InChI=1S/C22H18FNO4/c1-14-2-11-19(20(12-14)28-18-9-7-17(23)8-10-18)21(25)24-13-15-3-5-16(6-4-15)22(26)27/h2-12H,13H2,1H3,(H,24,25)(H,26,27). The molecule has 0 aromatic heterocycles. The second-order valence-electron chi connectivity index (χ2n) is 6.24. The minimum atomic E-state index is -1.00. The molecule has 0 atom stereocenters. The number of nitrogens with one attached hydrogen (secondary N) is 1. The highest BCUT2D eigenvalue weighted by atomic mass is 19.1. The van der Waals surface area contributed by atoms with Crippen LogP contribution in [0.4, 0.5) is 4.39 Å². The monoisotopic (exact) mass is 379 g/mol. The fraction of sp³-hybridized carbons (Fsp3) is 0.0909. The highest BCUT2D eigenvalue weighted by molar-refractivity contribution is 5.97. The number of carboxylic acid groups (broad SMARTS) is 1. The van der Waals surface area contributed by atoms with Gasteiger partial charge in [-0.1, -0.05) is 18.2 Å². The minimum absolute atomic E-state index is 0.184. The molecule has 6 heteroatoms. The molecule has 142 valence electrons. The Balaban J connectivity index is 1.73. The van der Waals surface area contributed by atoms with E-state index in [1.807, 2.05) is 6.92 Å². The SMILES string of the molecule is Cc1ccc(C(=O)NCc2ccc(C(=O)O)cc2)c(Oc2ccc(F)cc2)c1. The number of hydrogen-bond acceptors (Lipinski definition) is 3. The number of hydrogen-bond donors (Lipinski definition) is 2. The summed E-state index contributed by atoms with van der Waals surface area (Å²) >= 11 is 0. The quantitative estimate of drug-likeness (QED) is 0.659. The van der Waals surface area contributed by atoms with Crippen LogP contribution in [0, 0.1) is 12.7 Å². The number of rotatable bonds is 6. The first-order valence-electron chi connectivity index (χ1n) is 8.57. The van der Waals surface area contributed by atoms with E-state index in [0.29, 0.717) is 17.1 Å². The van der Waals surface area contributed by atoms with Crippen molar-refractivity contribution in [3.63, 3.8) is 0 Å². The van der Waals surface area contributed by atoms with Gasteiger partial charge in [-0.2, -0.15) is 0 Å². The topological polar surface area (TPSA) is 75.6 Å². The third-order valence-electron chi connectivity index (χ3n) is 4.08. The van der Waals surface area contributed by atoms with Gasteiger partial charge < -0.3 is 15.2 Å².